The fourth-order valence-electron chi connectivity index (χ4n) is 2.33. The molecule has 0 aliphatic rings. The van der Waals surface area contributed by atoms with Gasteiger partial charge in [-0.05, 0) is 26.0 Å². The van der Waals surface area contributed by atoms with Gasteiger partial charge < -0.3 is 25.0 Å². The van der Waals surface area contributed by atoms with E-state index in [9.17, 15) is 9.59 Å². The first-order valence-electron chi connectivity index (χ1n) is 8.81. The Morgan fingerprint density at radius 2 is 1.90 bits per heavy atom. The van der Waals surface area contributed by atoms with Crippen molar-refractivity contribution in [3.8, 4) is 11.5 Å². The van der Waals surface area contributed by atoms with Crippen LogP contribution in [0.4, 0.5) is 0 Å². The molecule has 0 fully saturated rings. The second-order valence-electron chi connectivity index (χ2n) is 8.00. The number of amides is 2. The third-order valence-electron chi connectivity index (χ3n) is 3.90. The van der Waals surface area contributed by atoms with Crippen LogP contribution in [0.25, 0.3) is 0 Å². The lowest BCUT2D eigenvalue weighted by Gasteiger charge is -2.23. The molecule has 158 valence electrons. The van der Waals surface area contributed by atoms with E-state index in [1.54, 1.807) is 13.8 Å². The quantitative estimate of drug-likeness (QED) is 0.698. The lowest BCUT2D eigenvalue weighted by molar-refractivity contribution is -0.119. The molecule has 10 heteroatoms. The van der Waals surface area contributed by atoms with E-state index in [0.29, 0.717) is 11.7 Å². The van der Waals surface area contributed by atoms with Crippen LogP contribution in [0.5, 0.6) is 11.5 Å². The molecule has 1 heterocycles. The number of methoxy groups -OCH3 is 1. The van der Waals surface area contributed by atoms with E-state index in [1.165, 1.54) is 19.2 Å². The number of rotatable bonds is 7. The number of hydrogen-bond acceptors (Lipinski definition) is 7. The maximum Gasteiger partial charge on any atom is 0.255 e. The molecular weight excluding hydrogens is 400 g/mol. The van der Waals surface area contributed by atoms with Gasteiger partial charge in [0.05, 0.1) is 17.7 Å². The summed E-state index contributed by atoms with van der Waals surface area (Å²) in [4.78, 5) is 28.2. The predicted molar refractivity (Wildman–Crippen MR) is 106 cm³/mol. The van der Waals surface area contributed by atoms with Crippen molar-refractivity contribution < 1.29 is 23.6 Å². The van der Waals surface area contributed by atoms with Gasteiger partial charge in [0.15, 0.2) is 23.9 Å². The largest absolute Gasteiger partial charge is 0.493 e. The van der Waals surface area contributed by atoms with Crippen molar-refractivity contribution in [1.82, 2.24) is 15.5 Å². The Morgan fingerprint density at radius 1 is 1.24 bits per heavy atom. The van der Waals surface area contributed by atoms with Gasteiger partial charge >= 0.3 is 0 Å². The molecule has 0 unspecified atom stereocenters. The fourth-order valence-corrected chi connectivity index (χ4v) is 2.59. The van der Waals surface area contributed by atoms with Crippen LogP contribution in [0.2, 0.25) is 5.02 Å². The van der Waals surface area contributed by atoms with E-state index in [0.717, 1.165) is 0 Å². The molecule has 0 atom stereocenters. The van der Waals surface area contributed by atoms with Crippen LogP contribution in [0.3, 0.4) is 0 Å². The zero-order valence-electron chi connectivity index (χ0n) is 17.3. The molecule has 0 bridgehead atoms. The average Bonchev–Trinajstić information content (AvgIpc) is 3.10. The van der Waals surface area contributed by atoms with E-state index < -0.39 is 17.4 Å². The number of nitrogens with two attached hydrogens (primary N) is 1. The molecular formula is C19H25ClN4O5. The number of hydrogen-bond donors (Lipinski definition) is 2. The Morgan fingerprint density at radius 3 is 2.41 bits per heavy atom. The standard InChI is InChI=1S/C19H25ClN4O5/c1-18(2,3)17-22-16(24-29-17)19(4,5)23-15(26)10-7-11(20)14(12(8-10)27-6)28-9-13(21)25/h7-8H,9H2,1-6H3,(H2,21,25)(H,23,26). The number of carbonyl (C=O) groups excluding carboxylic acids is 2. The minimum Gasteiger partial charge on any atom is -0.493 e. The lowest BCUT2D eigenvalue weighted by atomic mass is 9.96. The average molecular weight is 425 g/mol. The molecule has 0 spiro atoms. The SMILES string of the molecule is COc1cc(C(=O)NC(C)(C)c2noc(C(C)(C)C)n2)cc(Cl)c1OCC(N)=O. The second-order valence-corrected chi connectivity index (χ2v) is 8.40. The number of ether oxygens (including phenoxy) is 2. The number of nitrogens with zero attached hydrogens (tertiary/aromatic N) is 2. The van der Waals surface area contributed by atoms with Gasteiger partial charge in [0.1, 0.15) is 0 Å². The number of aromatic nitrogens is 2. The zero-order valence-corrected chi connectivity index (χ0v) is 18.0. The smallest absolute Gasteiger partial charge is 0.255 e. The Kier molecular flexibility index (Phi) is 6.42. The zero-order chi connectivity index (χ0) is 22.0. The predicted octanol–water partition coefficient (Wildman–Crippen LogP) is 2.56. The van der Waals surface area contributed by atoms with Crippen LogP contribution in [-0.4, -0.2) is 35.7 Å². The number of halogens is 1. The summed E-state index contributed by atoms with van der Waals surface area (Å²) in [5.74, 6) is 0.0268. The molecule has 1 aromatic carbocycles. The summed E-state index contributed by atoms with van der Waals surface area (Å²) in [6.07, 6.45) is 0. The summed E-state index contributed by atoms with van der Waals surface area (Å²) in [5.41, 5.74) is 4.09. The van der Waals surface area contributed by atoms with Crippen molar-refractivity contribution in [2.24, 2.45) is 5.73 Å². The molecule has 0 aliphatic carbocycles. The van der Waals surface area contributed by atoms with Crippen molar-refractivity contribution >= 4 is 23.4 Å². The Balaban J connectivity index is 2.26. The first-order chi connectivity index (χ1) is 13.3. The normalized spacial score (nSPS) is 11.8. The molecule has 3 N–H and O–H groups in total. The summed E-state index contributed by atoms with van der Waals surface area (Å²) in [6.45, 7) is 8.99. The van der Waals surface area contributed by atoms with Gasteiger partial charge in [-0.1, -0.05) is 37.5 Å². The number of benzene rings is 1. The maximum absolute atomic E-state index is 12.8. The van der Waals surface area contributed by atoms with E-state index in [1.807, 2.05) is 20.8 Å². The topological polar surface area (TPSA) is 130 Å². The fraction of sp³-hybridized carbons (Fsp3) is 0.474. The molecule has 9 nitrogen and oxygen atoms in total. The van der Waals surface area contributed by atoms with Crippen LogP contribution in [0.1, 0.15) is 56.7 Å². The molecule has 29 heavy (non-hydrogen) atoms. The monoisotopic (exact) mass is 424 g/mol. The Labute approximate surface area is 173 Å². The van der Waals surface area contributed by atoms with Gasteiger partial charge in [-0.2, -0.15) is 4.98 Å². The molecule has 1 aromatic heterocycles. The summed E-state index contributed by atoms with van der Waals surface area (Å²) >= 11 is 6.21. The maximum atomic E-state index is 12.8. The minimum atomic E-state index is -0.912. The molecule has 0 aliphatic heterocycles. The van der Waals surface area contributed by atoms with Crippen LogP contribution >= 0.6 is 11.6 Å². The van der Waals surface area contributed by atoms with Gasteiger partial charge in [0.2, 0.25) is 5.89 Å². The Hall–Kier alpha value is -2.81. The molecule has 0 saturated heterocycles. The molecule has 2 aromatic rings. The second kappa shape index (κ2) is 8.28. The van der Waals surface area contributed by atoms with Gasteiger partial charge in [-0.15, -0.1) is 0 Å². The van der Waals surface area contributed by atoms with Gasteiger partial charge in [0, 0.05) is 11.0 Å². The van der Waals surface area contributed by atoms with E-state index in [-0.39, 0.29) is 34.1 Å². The van der Waals surface area contributed by atoms with Crippen molar-refractivity contribution in [3.05, 3.63) is 34.4 Å². The van der Waals surface area contributed by atoms with Gasteiger partial charge in [0.25, 0.3) is 11.8 Å². The highest BCUT2D eigenvalue weighted by atomic mass is 35.5. The third-order valence-corrected chi connectivity index (χ3v) is 4.18. The highest BCUT2D eigenvalue weighted by molar-refractivity contribution is 6.32. The Bertz CT molecular complexity index is 918. The summed E-state index contributed by atoms with van der Waals surface area (Å²) in [5, 5.41) is 6.94. The minimum absolute atomic E-state index is 0.100. The summed E-state index contributed by atoms with van der Waals surface area (Å²) < 4.78 is 15.8. The number of nitrogens with one attached hydrogen (secondary N) is 1. The van der Waals surface area contributed by atoms with E-state index in [2.05, 4.69) is 15.5 Å². The van der Waals surface area contributed by atoms with Crippen LogP contribution in [0.15, 0.2) is 16.7 Å². The molecule has 0 radical (unpaired) electrons. The van der Waals surface area contributed by atoms with Gasteiger partial charge in [-0.3, -0.25) is 9.59 Å². The highest BCUT2D eigenvalue weighted by Crippen LogP contribution is 2.36. The summed E-state index contributed by atoms with van der Waals surface area (Å²) in [7, 11) is 1.39. The van der Waals surface area contributed by atoms with E-state index >= 15 is 0 Å². The summed E-state index contributed by atoms with van der Waals surface area (Å²) in [6, 6.07) is 2.85. The van der Waals surface area contributed by atoms with E-state index in [4.69, 9.17) is 31.3 Å². The number of carbonyl (C=O) groups is 2. The van der Waals surface area contributed by atoms with Crippen molar-refractivity contribution in [2.75, 3.05) is 13.7 Å². The van der Waals surface area contributed by atoms with Crippen LogP contribution in [0, 0.1) is 0 Å². The third kappa shape index (κ3) is 5.38. The van der Waals surface area contributed by atoms with Crippen molar-refractivity contribution in [2.45, 2.75) is 45.6 Å². The number of primary amides is 1. The first-order valence-corrected chi connectivity index (χ1v) is 9.18. The van der Waals surface area contributed by atoms with Crippen molar-refractivity contribution in [3.63, 3.8) is 0 Å². The van der Waals surface area contributed by atoms with Crippen molar-refractivity contribution in [1.29, 1.82) is 0 Å². The highest BCUT2D eigenvalue weighted by Gasteiger charge is 2.32. The first kappa shape index (κ1) is 22.5. The van der Waals surface area contributed by atoms with Crippen LogP contribution < -0.4 is 20.5 Å². The lowest BCUT2D eigenvalue weighted by Crippen LogP contribution is -2.42. The van der Waals surface area contributed by atoms with Crippen LogP contribution in [-0.2, 0) is 15.7 Å². The molecule has 2 rings (SSSR count). The molecule has 2 amide bonds. The molecule has 0 saturated carbocycles. The van der Waals surface area contributed by atoms with Gasteiger partial charge in [-0.25, -0.2) is 0 Å².